The molecule has 7 nitrogen and oxygen atoms in total. The van der Waals surface area contributed by atoms with E-state index in [4.69, 9.17) is 16.3 Å². The molecule has 2 amide bonds. The third-order valence-corrected chi connectivity index (χ3v) is 10.7. The largest absolute Gasteiger partial charge is 0.467 e. The average Bonchev–Trinajstić information content (AvgIpc) is 3.07. The number of carbonyl (C=O) groups excluding carboxylic acids is 3. The summed E-state index contributed by atoms with van der Waals surface area (Å²) in [5.74, 6) is 0.00528. The molecule has 0 aromatic heterocycles. The summed E-state index contributed by atoms with van der Waals surface area (Å²) in [6.45, 7) is 6.80. The number of methoxy groups -OCH3 is 1. The number of amides is 2. The minimum absolute atomic E-state index is 0.0411. The second kappa shape index (κ2) is 17.8. The molecule has 0 spiro atoms. The molecule has 3 atom stereocenters. The molecule has 0 aliphatic heterocycles. The molecule has 0 aliphatic rings. The summed E-state index contributed by atoms with van der Waals surface area (Å²) < 4.78 is 6.83. The Morgan fingerprint density at radius 1 is 0.957 bits per heavy atom. The van der Waals surface area contributed by atoms with Crippen molar-refractivity contribution in [3.8, 4) is 0 Å². The average molecular weight is 694 g/mol. The standard InChI is InChI=1S/C37H44ClN3O4S2/c1-6-25(2)33(41(26(3)42)47-34-19-11-15-28-14-10-18-31(38)36(28)34)23-40(22-29-16-9-13-27-12-7-8-17-30(27)29)24-35(43)39-32(20-21-46-5)37(44)45-4/h7-19,25,32-33H,6,20-24H2,1-5H3,(H,39,43)/t25-,32-,33+/m0/s1. The van der Waals surface area contributed by atoms with Crippen LogP contribution in [0.3, 0.4) is 0 Å². The van der Waals surface area contributed by atoms with Gasteiger partial charge in [-0.15, -0.1) is 0 Å². The van der Waals surface area contributed by atoms with Gasteiger partial charge in [-0.1, -0.05) is 98.6 Å². The molecule has 0 saturated carbocycles. The maximum Gasteiger partial charge on any atom is 0.328 e. The van der Waals surface area contributed by atoms with Crippen LogP contribution in [0.4, 0.5) is 0 Å². The van der Waals surface area contributed by atoms with Crippen LogP contribution in [0.5, 0.6) is 0 Å². The molecule has 4 aromatic carbocycles. The molecule has 10 heteroatoms. The Bertz CT molecular complexity index is 1680. The fourth-order valence-electron chi connectivity index (χ4n) is 5.76. The molecular formula is C37H44ClN3O4S2. The lowest BCUT2D eigenvalue weighted by Gasteiger charge is -2.37. The molecule has 0 bridgehead atoms. The first-order chi connectivity index (χ1) is 22.7. The van der Waals surface area contributed by atoms with Gasteiger partial charge < -0.3 is 10.1 Å². The van der Waals surface area contributed by atoms with Crippen LogP contribution in [-0.2, 0) is 25.7 Å². The van der Waals surface area contributed by atoms with E-state index in [1.807, 2.05) is 65.2 Å². The van der Waals surface area contributed by atoms with Gasteiger partial charge in [-0.3, -0.25) is 18.8 Å². The summed E-state index contributed by atoms with van der Waals surface area (Å²) in [5.41, 5.74) is 1.08. The minimum Gasteiger partial charge on any atom is -0.467 e. The van der Waals surface area contributed by atoms with E-state index in [1.165, 1.54) is 19.1 Å². The fourth-order valence-corrected chi connectivity index (χ4v) is 7.78. The van der Waals surface area contributed by atoms with Crippen molar-refractivity contribution in [3.05, 3.63) is 89.4 Å². The van der Waals surface area contributed by atoms with Crippen molar-refractivity contribution in [3.63, 3.8) is 0 Å². The molecule has 0 aliphatic carbocycles. The summed E-state index contributed by atoms with van der Waals surface area (Å²) in [6, 6.07) is 25.2. The smallest absolute Gasteiger partial charge is 0.328 e. The number of carbonyl (C=O) groups is 3. The second-order valence-corrected chi connectivity index (χ2v) is 14.1. The summed E-state index contributed by atoms with van der Waals surface area (Å²) in [5, 5.41) is 7.68. The van der Waals surface area contributed by atoms with Gasteiger partial charge in [0.1, 0.15) is 6.04 Å². The van der Waals surface area contributed by atoms with E-state index in [2.05, 4.69) is 48.3 Å². The summed E-state index contributed by atoms with van der Waals surface area (Å²) >= 11 is 9.68. The molecule has 4 rings (SSSR count). The van der Waals surface area contributed by atoms with Crippen LogP contribution in [0.15, 0.2) is 83.8 Å². The van der Waals surface area contributed by atoms with E-state index in [1.54, 1.807) is 18.7 Å². The third kappa shape index (κ3) is 9.66. The van der Waals surface area contributed by atoms with Crippen LogP contribution in [-0.4, -0.2) is 71.3 Å². The van der Waals surface area contributed by atoms with E-state index in [9.17, 15) is 14.4 Å². The Kier molecular flexibility index (Phi) is 13.8. The van der Waals surface area contributed by atoms with Crippen LogP contribution in [0.25, 0.3) is 21.5 Å². The lowest BCUT2D eigenvalue weighted by atomic mass is 9.97. The van der Waals surface area contributed by atoms with Gasteiger partial charge in [-0.05, 0) is 70.2 Å². The lowest BCUT2D eigenvalue weighted by Crippen LogP contribution is -2.50. The summed E-state index contributed by atoms with van der Waals surface area (Å²) in [4.78, 5) is 42.6. The monoisotopic (exact) mass is 693 g/mol. The Balaban J connectivity index is 1.70. The first-order valence-electron chi connectivity index (χ1n) is 15.9. The molecule has 0 heterocycles. The number of nitrogens with zero attached hydrogens (tertiary/aromatic N) is 2. The predicted octanol–water partition coefficient (Wildman–Crippen LogP) is 7.83. The van der Waals surface area contributed by atoms with Gasteiger partial charge in [0, 0.05) is 35.3 Å². The van der Waals surface area contributed by atoms with Gasteiger partial charge in [-0.2, -0.15) is 11.8 Å². The second-order valence-electron chi connectivity index (χ2n) is 11.7. The molecule has 0 saturated heterocycles. The number of hydrogen-bond donors (Lipinski definition) is 1. The molecular weight excluding hydrogens is 650 g/mol. The van der Waals surface area contributed by atoms with E-state index < -0.39 is 12.0 Å². The molecule has 0 radical (unpaired) electrons. The number of ether oxygens (including phenoxy) is 1. The highest BCUT2D eigenvalue weighted by atomic mass is 35.5. The number of esters is 1. The Morgan fingerprint density at radius 3 is 2.34 bits per heavy atom. The predicted molar refractivity (Wildman–Crippen MR) is 197 cm³/mol. The van der Waals surface area contributed by atoms with Crippen molar-refractivity contribution in [2.45, 2.75) is 57.1 Å². The number of halogens is 1. The van der Waals surface area contributed by atoms with Crippen LogP contribution in [0.1, 0.15) is 39.2 Å². The number of fused-ring (bicyclic) bond motifs is 2. The molecule has 47 heavy (non-hydrogen) atoms. The summed E-state index contributed by atoms with van der Waals surface area (Å²) in [7, 11) is 1.33. The first kappa shape index (κ1) is 36.6. The Morgan fingerprint density at radius 2 is 1.64 bits per heavy atom. The topological polar surface area (TPSA) is 79.0 Å². The third-order valence-electron chi connectivity index (χ3n) is 8.44. The van der Waals surface area contributed by atoms with Crippen molar-refractivity contribution in [2.75, 3.05) is 32.2 Å². The highest BCUT2D eigenvalue weighted by Gasteiger charge is 2.31. The van der Waals surface area contributed by atoms with Crippen molar-refractivity contribution < 1.29 is 19.1 Å². The van der Waals surface area contributed by atoms with Gasteiger partial charge in [0.05, 0.1) is 19.7 Å². The Labute approximate surface area is 291 Å². The molecule has 1 N–H and O–H groups in total. The molecule has 250 valence electrons. The number of hydrogen-bond acceptors (Lipinski definition) is 7. The summed E-state index contributed by atoms with van der Waals surface area (Å²) in [6.07, 6.45) is 3.27. The number of nitrogens with one attached hydrogen (secondary N) is 1. The van der Waals surface area contributed by atoms with Crippen molar-refractivity contribution in [1.29, 1.82) is 0 Å². The SMILES string of the molecule is CC[C@H](C)[C@@H](CN(CC(=O)N[C@@H](CCSC)C(=O)OC)Cc1cccc2ccccc12)N(Sc1cccc2cccc(Cl)c12)C(C)=O. The number of benzene rings is 4. The van der Waals surface area contributed by atoms with Crippen molar-refractivity contribution in [2.24, 2.45) is 5.92 Å². The molecule has 0 unspecified atom stereocenters. The Hall–Kier alpha value is -3.24. The van der Waals surface area contributed by atoms with E-state index in [-0.39, 0.29) is 30.3 Å². The van der Waals surface area contributed by atoms with Crippen LogP contribution < -0.4 is 5.32 Å². The van der Waals surface area contributed by atoms with Gasteiger partial charge in [-0.25, -0.2) is 4.79 Å². The first-order valence-corrected chi connectivity index (χ1v) is 18.4. The van der Waals surface area contributed by atoms with Crippen LogP contribution in [0.2, 0.25) is 5.02 Å². The van der Waals surface area contributed by atoms with E-state index >= 15 is 0 Å². The van der Waals surface area contributed by atoms with Gasteiger partial charge >= 0.3 is 5.97 Å². The lowest BCUT2D eigenvalue weighted by molar-refractivity contribution is -0.145. The van der Waals surface area contributed by atoms with Gasteiger partial charge in [0.15, 0.2) is 0 Å². The van der Waals surface area contributed by atoms with E-state index in [0.717, 1.165) is 38.4 Å². The molecule has 0 fully saturated rings. The zero-order chi connectivity index (χ0) is 33.9. The van der Waals surface area contributed by atoms with Crippen molar-refractivity contribution >= 4 is 74.6 Å². The normalized spacial score (nSPS) is 13.3. The quantitative estimate of drug-likeness (QED) is 0.0947. The number of thioether (sulfide) groups is 1. The highest BCUT2D eigenvalue weighted by molar-refractivity contribution is 7.98. The zero-order valence-electron chi connectivity index (χ0n) is 27.7. The van der Waals surface area contributed by atoms with Crippen LogP contribution in [0, 0.1) is 5.92 Å². The maximum absolute atomic E-state index is 13.6. The van der Waals surface area contributed by atoms with Gasteiger partial charge in [0.2, 0.25) is 11.8 Å². The fraction of sp³-hybridized carbons (Fsp3) is 0.378. The van der Waals surface area contributed by atoms with Crippen molar-refractivity contribution in [1.82, 2.24) is 14.5 Å². The zero-order valence-corrected chi connectivity index (χ0v) is 30.1. The number of rotatable bonds is 16. The highest BCUT2D eigenvalue weighted by Crippen LogP contribution is 2.37. The van der Waals surface area contributed by atoms with E-state index in [0.29, 0.717) is 30.3 Å². The minimum atomic E-state index is -0.731. The maximum atomic E-state index is 13.6. The molecule has 4 aromatic rings. The van der Waals surface area contributed by atoms with Crippen LogP contribution >= 0.6 is 35.3 Å². The van der Waals surface area contributed by atoms with Gasteiger partial charge in [0.25, 0.3) is 0 Å².